The second-order valence-corrected chi connectivity index (χ2v) is 6.88. The number of nitrogens with zero attached hydrogens (tertiary/aromatic N) is 1. The normalized spacial score (nSPS) is 20.6. The predicted molar refractivity (Wildman–Crippen MR) is 76.4 cm³/mol. The van der Waals surface area contributed by atoms with Crippen molar-refractivity contribution >= 4 is 0 Å². The van der Waals surface area contributed by atoms with Crippen molar-refractivity contribution in [1.82, 2.24) is 10.2 Å². The highest BCUT2D eigenvalue weighted by Crippen LogP contribution is 2.33. The maximum Gasteiger partial charge on any atom is 0.0223 e. The van der Waals surface area contributed by atoms with E-state index < -0.39 is 0 Å². The summed E-state index contributed by atoms with van der Waals surface area (Å²) < 4.78 is 0. The van der Waals surface area contributed by atoms with Crippen molar-refractivity contribution in [3.05, 3.63) is 0 Å². The minimum absolute atomic E-state index is 0.369. The van der Waals surface area contributed by atoms with Gasteiger partial charge in [0.1, 0.15) is 0 Å². The fraction of sp³-hybridized carbons (Fsp3) is 1.00. The molecule has 2 atom stereocenters. The van der Waals surface area contributed by atoms with E-state index in [9.17, 15) is 0 Å². The molecule has 1 rings (SSSR count). The van der Waals surface area contributed by atoms with Crippen LogP contribution in [0.5, 0.6) is 0 Å². The molecule has 1 N–H and O–H groups in total. The predicted octanol–water partition coefficient (Wildman–Crippen LogP) is 3.13. The molecular formula is C15H32N2. The minimum Gasteiger partial charge on any atom is -0.312 e. The lowest BCUT2D eigenvalue weighted by Gasteiger charge is -2.37. The highest BCUT2D eigenvalue weighted by atomic mass is 15.2. The van der Waals surface area contributed by atoms with Crippen LogP contribution in [-0.2, 0) is 0 Å². The Morgan fingerprint density at radius 3 is 2.29 bits per heavy atom. The molecule has 0 aliphatic heterocycles. The van der Waals surface area contributed by atoms with Crippen molar-refractivity contribution in [2.75, 3.05) is 20.1 Å². The van der Waals surface area contributed by atoms with Crippen LogP contribution in [0.1, 0.15) is 53.9 Å². The Balaban J connectivity index is 2.43. The largest absolute Gasteiger partial charge is 0.312 e. The average molecular weight is 240 g/mol. The molecule has 0 saturated heterocycles. The van der Waals surface area contributed by atoms with Gasteiger partial charge in [0.25, 0.3) is 0 Å². The van der Waals surface area contributed by atoms with Crippen LogP contribution in [0.2, 0.25) is 0 Å². The standard InChI is InChI=1S/C15H32N2/c1-7-10-16-14(13-8-9-13)11-17(6)12(2)15(3,4)5/h12-14,16H,7-11H2,1-6H3. The summed E-state index contributed by atoms with van der Waals surface area (Å²) in [7, 11) is 2.28. The van der Waals surface area contributed by atoms with E-state index in [-0.39, 0.29) is 0 Å². The molecule has 0 amide bonds. The molecule has 0 aromatic rings. The zero-order valence-corrected chi connectivity index (χ0v) is 12.7. The summed E-state index contributed by atoms with van der Waals surface area (Å²) in [5.74, 6) is 0.941. The first-order valence-electron chi connectivity index (χ1n) is 7.30. The van der Waals surface area contributed by atoms with Crippen LogP contribution in [0.4, 0.5) is 0 Å². The van der Waals surface area contributed by atoms with E-state index in [0.717, 1.165) is 5.92 Å². The van der Waals surface area contributed by atoms with Crippen LogP contribution in [0.25, 0.3) is 0 Å². The van der Waals surface area contributed by atoms with Gasteiger partial charge in [0.15, 0.2) is 0 Å². The Labute approximate surface area is 108 Å². The highest BCUT2D eigenvalue weighted by Gasteiger charge is 2.33. The third-order valence-corrected chi connectivity index (χ3v) is 4.25. The molecule has 2 nitrogen and oxygen atoms in total. The summed E-state index contributed by atoms with van der Waals surface area (Å²) in [6.07, 6.45) is 4.10. The number of hydrogen-bond donors (Lipinski definition) is 1. The second kappa shape index (κ2) is 6.19. The van der Waals surface area contributed by atoms with E-state index in [4.69, 9.17) is 0 Å². The Morgan fingerprint density at radius 1 is 1.29 bits per heavy atom. The van der Waals surface area contributed by atoms with Crippen LogP contribution < -0.4 is 5.32 Å². The molecular weight excluding hydrogens is 208 g/mol. The van der Waals surface area contributed by atoms with Gasteiger partial charge < -0.3 is 10.2 Å². The first-order chi connectivity index (χ1) is 7.86. The van der Waals surface area contributed by atoms with Gasteiger partial charge in [-0.15, -0.1) is 0 Å². The summed E-state index contributed by atoms with van der Waals surface area (Å²) in [6, 6.07) is 1.34. The Kier molecular flexibility index (Phi) is 5.46. The van der Waals surface area contributed by atoms with Gasteiger partial charge in [-0.1, -0.05) is 27.7 Å². The second-order valence-electron chi connectivity index (χ2n) is 6.88. The van der Waals surface area contributed by atoms with E-state index in [1.807, 2.05) is 0 Å². The molecule has 0 spiro atoms. The number of rotatable bonds is 7. The SMILES string of the molecule is CCCNC(CN(C)C(C)C(C)(C)C)C1CC1. The molecule has 0 aromatic carbocycles. The summed E-state index contributed by atoms with van der Waals surface area (Å²) in [5.41, 5.74) is 0.369. The monoisotopic (exact) mass is 240 g/mol. The molecule has 17 heavy (non-hydrogen) atoms. The molecule has 1 fully saturated rings. The summed E-state index contributed by atoms with van der Waals surface area (Å²) in [4.78, 5) is 2.53. The summed E-state index contributed by atoms with van der Waals surface area (Å²) in [6.45, 7) is 14.0. The molecule has 0 aromatic heterocycles. The van der Waals surface area contributed by atoms with E-state index in [2.05, 4.69) is 51.9 Å². The zero-order valence-electron chi connectivity index (χ0n) is 12.7. The van der Waals surface area contributed by atoms with Gasteiger partial charge in [-0.3, -0.25) is 0 Å². The zero-order chi connectivity index (χ0) is 13.1. The van der Waals surface area contributed by atoms with Crippen molar-refractivity contribution in [3.63, 3.8) is 0 Å². The van der Waals surface area contributed by atoms with Crippen LogP contribution >= 0.6 is 0 Å². The van der Waals surface area contributed by atoms with E-state index in [1.165, 1.54) is 32.4 Å². The van der Waals surface area contributed by atoms with Gasteiger partial charge in [0.2, 0.25) is 0 Å². The fourth-order valence-corrected chi connectivity index (χ4v) is 2.34. The minimum atomic E-state index is 0.369. The molecule has 0 bridgehead atoms. The lowest BCUT2D eigenvalue weighted by atomic mass is 9.87. The molecule has 1 aliphatic carbocycles. The van der Waals surface area contributed by atoms with Crippen molar-refractivity contribution in [1.29, 1.82) is 0 Å². The van der Waals surface area contributed by atoms with Crippen molar-refractivity contribution in [2.45, 2.75) is 66.0 Å². The van der Waals surface area contributed by atoms with Gasteiger partial charge >= 0.3 is 0 Å². The van der Waals surface area contributed by atoms with Gasteiger partial charge in [0.05, 0.1) is 0 Å². The van der Waals surface area contributed by atoms with Crippen LogP contribution in [0.3, 0.4) is 0 Å². The first-order valence-corrected chi connectivity index (χ1v) is 7.30. The molecule has 1 saturated carbocycles. The Hall–Kier alpha value is -0.0800. The quantitative estimate of drug-likeness (QED) is 0.735. The van der Waals surface area contributed by atoms with Crippen molar-refractivity contribution in [2.24, 2.45) is 11.3 Å². The molecule has 102 valence electrons. The van der Waals surface area contributed by atoms with Crippen molar-refractivity contribution in [3.8, 4) is 0 Å². The topological polar surface area (TPSA) is 15.3 Å². The average Bonchev–Trinajstić information content (AvgIpc) is 3.05. The van der Waals surface area contributed by atoms with Crippen molar-refractivity contribution < 1.29 is 0 Å². The third kappa shape index (κ3) is 4.97. The van der Waals surface area contributed by atoms with Crippen LogP contribution in [0, 0.1) is 11.3 Å². The lowest BCUT2D eigenvalue weighted by molar-refractivity contribution is 0.125. The van der Waals surface area contributed by atoms with Gasteiger partial charge in [0, 0.05) is 18.6 Å². The highest BCUT2D eigenvalue weighted by molar-refractivity contribution is 4.90. The van der Waals surface area contributed by atoms with Crippen LogP contribution in [0.15, 0.2) is 0 Å². The van der Waals surface area contributed by atoms with Gasteiger partial charge in [-0.05, 0) is 51.1 Å². The molecule has 2 unspecified atom stereocenters. The summed E-state index contributed by atoms with van der Waals surface area (Å²) >= 11 is 0. The Morgan fingerprint density at radius 2 is 1.88 bits per heavy atom. The fourth-order valence-electron chi connectivity index (χ4n) is 2.34. The number of hydrogen-bond acceptors (Lipinski definition) is 2. The molecule has 0 heterocycles. The molecule has 2 heteroatoms. The van der Waals surface area contributed by atoms with Gasteiger partial charge in [-0.2, -0.15) is 0 Å². The van der Waals surface area contributed by atoms with E-state index >= 15 is 0 Å². The summed E-state index contributed by atoms with van der Waals surface area (Å²) in [5, 5.41) is 3.73. The molecule has 1 aliphatic rings. The number of nitrogens with one attached hydrogen (secondary N) is 1. The van der Waals surface area contributed by atoms with E-state index in [1.54, 1.807) is 0 Å². The Bertz CT molecular complexity index is 215. The van der Waals surface area contributed by atoms with E-state index in [0.29, 0.717) is 17.5 Å². The third-order valence-electron chi connectivity index (χ3n) is 4.25. The first kappa shape index (κ1) is 15.0. The van der Waals surface area contributed by atoms with Gasteiger partial charge in [-0.25, -0.2) is 0 Å². The number of likely N-dealkylation sites (N-methyl/N-ethyl adjacent to an activating group) is 1. The lowest BCUT2D eigenvalue weighted by Crippen LogP contribution is -2.47. The maximum absolute atomic E-state index is 3.73. The maximum atomic E-state index is 3.73. The smallest absolute Gasteiger partial charge is 0.0223 e. The van der Waals surface area contributed by atoms with Crippen LogP contribution in [-0.4, -0.2) is 37.1 Å². The molecule has 0 radical (unpaired) electrons.